The molecule has 0 aliphatic rings. The number of aryl methyl sites for hydroxylation is 2. The lowest BCUT2D eigenvalue weighted by molar-refractivity contribution is -0.385. The number of nitrogens with one attached hydrogen (secondary N) is 1. The molecule has 1 aromatic heterocycles. The maximum atomic E-state index is 12.7. The highest BCUT2D eigenvalue weighted by Gasteiger charge is 2.19. The third-order valence-corrected chi connectivity index (χ3v) is 5.25. The summed E-state index contributed by atoms with van der Waals surface area (Å²) in [5, 5.41) is 14.1. The normalized spacial score (nSPS) is 10.8. The second-order valence-electron chi connectivity index (χ2n) is 7.23. The maximum absolute atomic E-state index is 12.7. The van der Waals surface area contributed by atoms with Crippen molar-refractivity contribution in [2.45, 2.75) is 19.5 Å². The zero-order valence-electron chi connectivity index (χ0n) is 17.5. The molecule has 0 aliphatic heterocycles. The number of rotatable bonds is 8. The minimum absolute atomic E-state index is 0.106. The molecule has 0 spiro atoms. The second-order valence-corrected chi connectivity index (χ2v) is 7.23. The molecule has 0 aliphatic carbocycles. The van der Waals surface area contributed by atoms with E-state index in [1.54, 1.807) is 0 Å². The van der Waals surface area contributed by atoms with E-state index >= 15 is 0 Å². The number of carbonyl (C=O) groups is 1. The summed E-state index contributed by atoms with van der Waals surface area (Å²) in [4.78, 5) is 28.0. The Labute approximate surface area is 184 Å². The van der Waals surface area contributed by atoms with Crippen LogP contribution < -0.4 is 10.1 Å². The third-order valence-electron chi connectivity index (χ3n) is 5.25. The van der Waals surface area contributed by atoms with Crippen LogP contribution in [-0.2, 0) is 19.5 Å². The lowest BCUT2D eigenvalue weighted by Crippen LogP contribution is -2.25. The number of aromatic nitrogens is 2. The van der Waals surface area contributed by atoms with Crippen molar-refractivity contribution in [3.63, 3.8) is 0 Å². The van der Waals surface area contributed by atoms with Gasteiger partial charge in [-0.15, -0.1) is 0 Å². The zero-order chi connectivity index (χ0) is 22.5. The first-order valence-electron chi connectivity index (χ1n) is 10.2. The van der Waals surface area contributed by atoms with Gasteiger partial charge in [0.15, 0.2) is 5.75 Å². The largest absolute Gasteiger partial charge is 0.490 e. The van der Waals surface area contributed by atoms with E-state index in [9.17, 15) is 14.9 Å². The summed E-state index contributed by atoms with van der Waals surface area (Å²) < 4.78 is 7.09. The number of ether oxygens (including phenoxy) is 1. The Kier molecular flexibility index (Phi) is 6.12. The second kappa shape index (κ2) is 9.30. The number of hydrogen-bond donors (Lipinski definition) is 1. The van der Waals surface area contributed by atoms with E-state index in [0.717, 1.165) is 23.3 Å². The smallest absolute Gasteiger partial charge is 0.311 e. The Hall–Kier alpha value is -4.20. The topological polar surface area (TPSA) is 99.3 Å². The predicted molar refractivity (Wildman–Crippen MR) is 121 cm³/mol. The molecule has 8 nitrogen and oxygen atoms in total. The average molecular weight is 430 g/mol. The van der Waals surface area contributed by atoms with Crippen LogP contribution >= 0.6 is 0 Å². The number of imidazole rings is 1. The molecule has 0 fully saturated rings. The number of fused-ring (bicyclic) bond motifs is 1. The molecule has 1 heterocycles. The lowest BCUT2D eigenvalue weighted by Gasteiger charge is -2.11. The van der Waals surface area contributed by atoms with Crippen molar-refractivity contribution < 1.29 is 14.5 Å². The van der Waals surface area contributed by atoms with Gasteiger partial charge in [-0.05, 0) is 36.2 Å². The molecular weight excluding hydrogens is 408 g/mol. The van der Waals surface area contributed by atoms with E-state index in [1.165, 1.54) is 30.9 Å². The first kappa shape index (κ1) is 21.0. The van der Waals surface area contributed by atoms with Crippen molar-refractivity contribution in [2.75, 3.05) is 7.11 Å². The van der Waals surface area contributed by atoms with E-state index < -0.39 is 10.8 Å². The number of para-hydroxylation sites is 2. The molecular formula is C24H22N4O4. The molecule has 4 rings (SSSR count). The van der Waals surface area contributed by atoms with Crippen LogP contribution in [0.4, 0.5) is 5.69 Å². The molecule has 1 N–H and O–H groups in total. The van der Waals surface area contributed by atoms with Crippen LogP contribution in [0.25, 0.3) is 11.0 Å². The minimum atomic E-state index is -0.571. The molecule has 0 unspecified atom stereocenters. The molecule has 162 valence electrons. The van der Waals surface area contributed by atoms with Crippen LogP contribution in [0.1, 0.15) is 21.7 Å². The summed E-state index contributed by atoms with van der Waals surface area (Å²) in [5.74, 6) is 0.408. The van der Waals surface area contributed by atoms with Crippen LogP contribution in [0, 0.1) is 10.1 Å². The molecule has 0 saturated heterocycles. The molecule has 3 aromatic carbocycles. The fourth-order valence-electron chi connectivity index (χ4n) is 3.63. The van der Waals surface area contributed by atoms with Gasteiger partial charge in [0.05, 0.1) is 29.6 Å². The van der Waals surface area contributed by atoms with Gasteiger partial charge in [-0.2, -0.15) is 0 Å². The minimum Gasteiger partial charge on any atom is -0.490 e. The van der Waals surface area contributed by atoms with E-state index in [4.69, 9.17) is 4.74 Å². The average Bonchev–Trinajstić information content (AvgIpc) is 3.18. The monoisotopic (exact) mass is 430 g/mol. The van der Waals surface area contributed by atoms with Gasteiger partial charge < -0.3 is 14.6 Å². The van der Waals surface area contributed by atoms with Crippen molar-refractivity contribution in [2.24, 2.45) is 0 Å². The van der Waals surface area contributed by atoms with Gasteiger partial charge >= 0.3 is 5.69 Å². The van der Waals surface area contributed by atoms with E-state index in [1.807, 2.05) is 42.5 Å². The first-order valence-corrected chi connectivity index (χ1v) is 10.2. The number of carbonyl (C=O) groups excluding carboxylic acids is 1. The summed E-state index contributed by atoms with van der Waals surface area (Å²) in [7, 11) is 1.35. The molecule has 4 aromatic rings. The molecule has 0 bridgehead atoms. The predicted octanol–water partition coefficient (Wildman–Crippen LogP) is 4.13. The molecule has 1 amide bonds. The van der Waals surface area contributed by atoms with Gasteiger partial charge in [0.25, 0.3) is 5.91 Å². The van der Waals surface area contributed by atoms with Gasteiger partial charge in [-0.1, -0.05) is 42.5 Å². The Morgan fingerprint density at radius 1 is 1.09 bits per heavy atom. The number of amides is 1. The number of benzene rings is 3. The molecule has 0 atom stereocenters. The maximum Gasteiger partial charge on any atom is 0.311 e. The van der Waals surface area contributed by atoms with Crippen molar-refractivity contribution in [3.8, 4) is 5.75 Å². The van der Waals surface area contributed by atoms with Gasteiger partial charge in [-0.25, -0.2) is 4.98 Å². The molecule has 32 heavy (non-hydrogen) atoms. The first-order chi connectivity index (χ1) is 15.6. The van der Waals surface area contributed by atoms with Gasteiger partial charge in [0, 0.05) is 18.2 Å². The standard InChI is InChI=1S/C24H22N4O4/c1-32-22-12-11-18(15-21(22)28(30)31)24(29)25-16-23-26-19-9-5-6-10-20(19)27(23)14-13-17-7-3-2-4-8-17/h2-12,15H,13-14,16H2,1H3,(H,25,29). The number of nitro groups is 1. The van der Waals surface area contributed by atoms with Crippen molar-refractivity contribution in [1.82, 2.24) is 14.9 Å². The summed E-state index contributed by atoms with van der Waals surface area (Å²) >= 11 is 0. The van der Waals surface area contributed by atoms with Crippen LogP contribution in [0.2, 0.25) is 0 Å². The molecule has 0 saturated carbocycles. The lowest BCUT2D eigenvalue weighted by atomic mass is 10.1. The summed E-state index contributed by atoms with van der Waals surface area (Å²) in [6.07, 6.45) is 0.826. The number of methoxy groups -OCH3 is 1. The summed E-state index contributed by atoms with van der Waals surface area (Å²) in [5.41, 5.74) is 2.99. The summed E-state index contributed by atoms with van der Waals surface area (Å²) in [6.45, 7) is 0.909. The fraction of sp³-hybridized carbons (Fsp3) is 0.167. The Bertz CT molecular complexity index is 1270. The van der Waals surface area contributed by atoms with Crippen LogP contribution in [-0.4, -0.2) is 27.5 Å². The Balaban J connectivity index is 1.54. The van der Waals surface area contributed by atoms with Crippen molar-refractivity contribution in [1.29, 1.82) is 0 Å². The Morgan fingerprint density at radius 3 is 2.59 bits per heavy atom. The van der Waals surface area contributed by atoms with E-state index in [2.05, 4.69) is 27.0 Å². The quantitative estimate of drug-likeness (QED) is 0.335. The zero-order valence-corrected chi connectivity index (χ0v) is 17.5. The Morgan fingerprint density at radius 2 is 1.84 bits per heavy atom. The molecule has 0 radical (unpaired) electrons. The highest BCUT2D eigenvalue weighted by atomic mass is 16.6. The van der Waals surface area contributed by atoms with Gasteiger partial charge in [0.1, 0.15) is 5.82 Å². The van der Waals surface area contributed by atoms with Crippen molar-refractivity contribution in [3.05, 3.63) is 99.9 Å². The van der Waals surface area contributed by atoms with Crippen LogP contribution in [0.5, 0.6) is 5.75 Å². The number of nitrogens with zero attached hydrogens (tertiary/aromatic N) is 3. The van der Waals surface area contributed by atoms with E-state index in [-0.39, 0.29) is 23.5 Å². The number of nitro benzene ring substituents is 1. The highest BCUT2D eigenvalue weighted by molar-refractivity contribution is 5.95. The molecule has 8 heteroatoms. The SMILES string of the molecule is COc1ccc(C(=O)NCc2nc3ccccc3n2CCc2ccccc2)cc1[N+](=O)[O-]. The fourth-order valence-corrected chi connectivity index (χ4v) is 3.63. The third kappa shape index (κ3) is 4.44. The van der Waals surface area contributed by atoms with Gasteiger partial charge in [0.2, 0.25) is 0 Å². The van der Waals surface area contributed by atoms with Gasteiger partial charge in [-0.3, -0.25) is 14.9 Å². The van der Waals surface area contributed by atoms with Crippen LogP contribution in [0.15, 0.2) is 72.8 Å². The van der Waals surface area contributed by atoms with E-state index in [0.29, 0.717) is 6.54 Å². The number of hydrogen-bond acceptors (Lipinski definition) is 5. The van der Waals surface area contributed by atoms with Crippen molar-refractivity contribution >= 4 is 22.6 Å². The van der Waals surface area contributed by atoms with Crippen LogP contribution in [0.3, 0.4) is 0 Å². The highest BCUT2D eigenvalue weighted by Crippen LogP contribution is 2.27. The summed E-state index contributed by atoms with van der Waals surface area (Å²) in [6, 6.07) is 22.1.